The molecule has 87 heavy (non-hydrogen) atoms. The molecule has 9 aromatic rings. The summed E-state index contributed by atoms with van der Waals surface area (Å²) in [6, 6.07) is 27.4. The Labute approximate surface area is 503 Å². The van der Waals surface area contributed by atoms with Gasteiger partial charge in [-0.2, -0.15) is 60.3 Å². The number of nitrogens with zero attached hydrogens (tertiary/aromatic N) is 11. The fraction of sp³-hybridized carbons (Fsp3) is 0.137. The molecule has 0 atom stereocenters. The van der Waals surface area contributed by atoms with Crippen LogP contribution in [0.1, 0.15) is 11.1 Å². The zero-order chi connectivity index (χ0) is 62.6. The Hall–Kier alpha value is -8.94. The Bertz CT molecular complexity index is 4700. The van der Waals surface area contributed by atoms with Gasteiger partial charge in [-0.3, -0.25) is 13.7 Å². The van der Waals surface area contributed by atoms with Crippen LogP contribution in [0, 0.1) is 6.92 Å². The molecule has 2 heterocycles. The third-order valence-electron chi connectivity index (χ3n) is 12.3. The summed E-state index contributed by atoms with van der Waals surface area (Å²) in [5.41, 5.74) is 1.02. The molecule has 30 nitrogen and oxygen atoms in total. The number of ether oxygens (including phenoxy) is 1. The lowest BCUT2D eigenvalue weighted by molar-refractivity contribution is 0.284. The summed E-state index contributed by atoms with van der Waals surface area (Å²) in [5.74, 6) is -2.31. The van der Waals surface area contributed by atoms with Crippen molar-refractivity contribution in [3.63, 3.8) is 0 Å². The molecule has 9 N–H and O–H groups in total. The van der Waals surface area contributed by atoms with Crippen LogP contribution in [0.2, 0.25) is 10.6 Å². The maximum Gasteiger partial charge on any atom is 0.397 e. The van der Waals surface area contributed by atoms with Crippen LogP contribution in [0.4, 0.5) is 63.6 Å². The largest absolute Gasteiger partial charge is 0.505 e. The maximum absolute atomic E-state index is 12.7. The lowest BCUT2D eigenvalue weighted by atomic mass is 10.1. The van der Waals surface area contributed by atoms with Crippen LogP contribution in [0.5, 0.6) is 17.2 Å². The van der Waals surface area contributed by atoms with Crippen LogP contribution in [0.15, 0.2) is 150 Å². The SMILES string of the molecule is COc1ccc(C)cc1N=Nc1c(S(=O)(=O)O)cc2cccc(Nc3nc(Cl)nc(N(CCO)Cc4ccc(Nc5nc(Cl)nc(Nc6cccc7cc(S(=O)(=O)O)c(N=Nc8ccc(S(=O)(=O)CCOS(=O)(=O)O)cc8)c(O)c67)n5)cc4)n3)c2c1O. The van der Waals surface area contributed by atoms with E-state index in [1.807, 2.05) is 0 Å². The van der Waals surface area contributed by atoms with E-state index in [1.165, 1.54) is 49.6 Å². The molecule has 9 rings (SSSR count). The Morgan fingerprint density at radius 3 is 1.69 bits per heavy atom. The van der Waals surface area contributed by atoms with E-state index in [9.17, 15) is 58.1 Å². The quantitative estimate of drug-likeness (QED) is 0.0212. The van der Waals surface area contributed by atoms with E-state index in [0.717, 1.165) is 29.8 Å². The van der Waals surface area contributed by atoms with Crippen molar-refractivity contribution in [3.05, 3.63) is 137 Å². The third-order valence-corrected chi connectivity index (χ3v) is 16.5. The highest BCUT2D eigenvalue weighted by molar-refractivity contribution is 7.91. The number of rotatable bonds is 23. The third kappa shape index (κ3) is 15.2. The number of sulfone groups is 1. The average molecular weight is 1310 g/mol. The molecule has 0 bridgehead atoms. The first kappa shape index (κ1) is 62.6. The number of aryl methyl sites for hydroxylation is 1. The molecular weight excluding hydrogens is 1260 g/mol. The predicted molar refractivity (Wildman–Crippen MR) is 317 cm³/mol. The number of nitrogens with one attached hydrogen (secondary N) is 3. The van der Waals surface area contributed by atoms with Crippen LogP contribution >= 0.6 is 23.2 Å². The van der Waals surface area contributed by atoms with E-state index < -0.39 is 85.5 Å². The number of hydrogen-bond donors (Lipinski definition) is 9. The summed E-state index contributed by atoms with van der Waals surface area (Å²) in [6.07, 6.45) is 0. The molecule has 0 aliphatic heterocycles. The lowest BCUT2D eigenvalue weighted by Gasteiger charge is -2.22. The van der Waals surface area contributed by atoms with Crippen molar-refractivity contribution in [2.24, 2.45) is 20.5 Å². The fourth-order valence-corrected chi connectivity index (χ4v) is 11.5. The zero-order valence-corrected chi connectivity index (χ0v) is 49.4. The molecule has 0 amide bonds. The van der Waals surface area contributed by atoms with E-state index in [0.29, 0.717) is 17.0 Å². The number of halogens is 2. The summed E-state index contributed by atoms with van der Waals surface area (Å²) in [4.78, 5) is 25.5. The Balaban J connectivity index is 0.927. The minimum absolute atomic E-state index is 0.00416. The molecule has 0 fully saturated rings. The number of anilines is 7. The van der Waals surface area contributed by atoms with Crippen molar-refractivity contribution in [1.29, 1.82) is 0 Å². The summed E-state index contributed by atoms with van der Waals surface area (Å²) in [5, 5.41) is 58.1. The number of fused-ring (bicyclic) bond motifs is 2. The van der Waals surface area contributed by atoms with Gasteiger partial charge in [-0.15, -0.1) is 15.3 Å². The van der Waals surface area contributed by atoms with Gasteiger partial charge in [-0.1, -0.05) is 42.5 Å². The van der Waals surface area contributed by atoms with E-state index in [1.54, 1.807) is 60.4 Å². The highest BCUT2D eigenvalue weighted by atomic mass is 35.5. The second kappa shape index (κ2) is 25.6. The topological polar surface area (TPSA) is 443 Å². The smallest absolute Gasteiger partial charge is 0.397 e. The summed E-state index contributed by atoms with van der Waals surface area (Å²) in [6.45, 7) is 0.679. The Morgan fingerprint density at radius 1 is 0.609 bits per heavy atom. The van der Waals surface area contributed by atoms with Gasteiger partial charge < -0.3 is 40.9 Å². The fourth-order valence-electron chi connectivity index (χ4n) is 8.42. The van der Waals surface area contributed by atoms with Gasteiger partial charge in [-0.05, 0) is 125 Å². The number of aromatic nitrogens is 6. The number of phenols is 2. The van der Waals surface area contributed by atoms with Gasteiger partial charge in [0, 0.05) is 29.5 Å². The van der Waals surface area contributed by atoms with Crippen molar-refractivity contribution in [2.45, 2.75) is 28.2 Å². The van der Waals surface area contributed by atoms with Crippen molar-refractivity contribution in [3.8, 4) is 17.2 Å². The predicted octanol–water partition coefficient (Wildman–Crippen LogP) is 9.55. The molecular formula is C51H44Cl2N14O16S4. The molecule has 0 unspecified atom stereocenters. The van der Waals surface area contributed by atoms with Crippen molar-refractivity contribution in [2.75, 3.05) is 53.5 Å². The van der Waals surface area contributed by atoms with Crippen LogP contribution in [-0.4, -0.2) is 125 Å². The molecule has 2 aromatic heterocycles. The van der Waals surface area contributed by atoms with Gasteiger partial charge in [-0.25, -0.2) is 12.6 Å². The van der Waals surface area contributed by atoms with Gasteiger partial charge >= 0.3 is 10.4 Å². The molecule has 452 valence electrons. The Kier molecular flexibility index (Phi) is 18.4. The first-order valence-electron chi connectivity index (χ1n) is 24.7. The molecule has 0 radical (unpaired) electrons. The standard InChI is InChI=1S/C51H44Cl2N14O16S4/c1-27-9-18-37(82-2)36(23-27)64-66-43-39(86(76,77)78)25-30-6-4-8-35(41(30)45(43)70)56-50-59-47(53)60-51(62-50)67(19-20-68)26-28-10-12-31(13-11-28)54-48-57-46(52)58-49(61-48)55-34-7-3-5-29-24-38(85(73,74)75)42(44(69)40(29)34)65-63-32-14-16-33(17-15-32)84(71,72)22-21-83-87(79,80)81/h3-18,23-25,68-70H,19-22,26H2,1-2H3,(H,73,74,75)(H,76,77,78)(H,79,80,81)(H,56,59,60,62)(H2,54,55,57,58,61). The van der Waals surface area contributed by atoms with E-state index in [-0.39, 0.29) is 103 Å². The second-order valence-corrected chi connectivity index (χ2v) is 24.9. The van der Waals surface area contributed by atoms with Crippen LogP contribution in [-0.2, 0) is 51.2 Å². The number of azo groups is 2. The number of methoxy groups -OCH3 is 1. The number of hydrogen-bond acceptors (Lipinski definition) is 27. The van der Waals surface area contributed by atoms with Gasteiger partial charge in [0.2, 0.25) is 34.4 Å². The number of aromatic hydroxyl groups is 2. The minimum Gasteiger partial charge on any atom is -0.505 e. The van der Waals surface area contributed by atoms with Crippen molar-refractivity contribution in [1.82, 2.24) is 29.9 Å². The minimum atomic E-state index is -5.07. The van der Waals surface area contributed by atoms with Gasteiger partial charge in [0.15, 0.2) is 21.3 Å². The maximum atomic E-state index is 12.7. The molecule has 0 aliphatic carbocycles. The number of aliphatic hydroxyl groups is 1. The number of benzene rings is 7. The normalized spacial score (nSPS) is 12.3. The summed E-state index contributed by atoms with van der Waals surface area (Å²) < 4.78 is 136. The average Bonchev–Trinajstić information content (AvgIpc) is 0.866. The lowest BCUT2D eigenvalue weighted by Crippen LogP contribution is -2.28. The molecule has 0 saturated heterocycles. The van der Waals surface area contributed by atoms with E-state index >= 15 is 0 Å². The first-order valence-corrected chi connectivity index (χ1v) is 31.4. The number of aliphatic hydroxyl groups excluding tert-OH is 1. The first-order chi connectivity index (χ1) is 41.2. The monoisotopic (exact) mass is 1310 g/mol. The van der Waals surface area contributed by atoms with Crippen molar-refractivity contribution >= 4 is 149 Å². The van der Waals surface area contributed by atoms with Crippen LogP contribution in [0.25, 0.3) is 21.5 Å². The number of phenolic OH excluding ortho intramolecular Hbond substituents is 2. The van der Waals surface area contributed by atoms with Crippen LogP contribution < -0.4 is 25.6 Å². The Morgan fingerprint density at radius 2 is 1.15 bits per heavy atom. The second-order valence-electron chi connectivity index (χ2n) is 18.2. The highest BCUT2D eigenvalue weighted by Crippen LogP contribution is 2.47. The molecule has 7 aromatic carbocycles. The van der Waals surface area contributed by atoms with Crippen LogP contribution in [0.3, 0.4) is 0 Å². The summed E-state index contributed by atoms with van der Waals surface area (Å²) in [7, 11) is -17.6. The zero-order valence-electron chi connectivity index (χ0n) is 44.6. The summed E-state index contributed by atoms with van der Waals surface area (Å²) >= 11 is 12.8. The molecule has 0 saturated carbocycles. The van der Waals surface area contributed by atoms with Gasteiger partial charge in [0.25, 0.3) is 20.2 Å². The van der Waals surface area contributed by atoms with E-state index in [4.69, 9.17) is 32.5 Å². The molecule has 0 spiro atoms. The highest BCUT2D eigenvalue weighted by Gasteiger charge is 2.27. The molecule has 0 aliphatic rings. The van der Waals surface area contributed by atoms with Crippen molar-refractivity contribution < 1.29 is 71.6 Å². The van der Waals surface area contributed by atoms with Gasteiger partial charge in [0.1, 0.15) is 32.6 Å². The van der Waals surface area contributed by atoms with E-state index in [2.05, 4.69) is 70.5 Å². The van der Waals surface area contributed by atoms with Gasteiger partial charge in [0.05, 0.1) is 48.0 Å². The molecule has 36 heteroatoms.